The average Bonchev–Trinajstić information content (AvgIpc) is 3.09. The number of aryl methyl sites for hydroxylation is 3. The highest BCUT2D eigenvalue weighted by Gasteiger charge is 2.27. The van der Waals surface area contributed by atoms with Crippen molar-refractivity contribution in [2.75, 3.05) is 5.32 Å². The summed E-state index contributed by atoms with van der Waals surface area (Å²) in [6.07, 6.45) is 2.43. The Kier molecular flexibility index (Phi) is 3.41. The smallest absolute Gasteiger partial charge is 0.229 e. The predicted molar refractivity (Wildman–Crippen MR) is 91.8 cm³/mol. The molecule has 1 aliphatic rings. The molecule has 1 aliphatic carbocycles. The molecule has 0 saturated heterocycles. The third-order valence-corrected chi connectivity index (χ3v) is 5.32. The summed E-state index contributed by atoms with van der Waals surface area (Å²) in [7, 11) is 0. The first-order valence-electron chi connectivity index (χ1n) is 7.81. The molecular weight excluding hydrogens is 308 g/mol. The highest BCUT2D eigenvalue weighted by atomic mass is 32.1. The fourth-order valence-corrected chi connectivity index (χ4v) is 4.14. The number of fused-ring (bicyclic) bond motifs is 2. The van der Waals surface area contributed by atoms with Crippen LogP contribution in [0.1, 0.15) is 29.2 Å². The number of H-pyrrole nitrogens is 1. The zero-order valence-corrected chi connectivity index (χ0v) is 14.0. The minimum Gasteiger partial charge on any atom is -0.346 e. The summed E-state index contributed by atoms with van der Waals surface area (Å²) < 4.78 is 1.11. The molecule has 1 unspecified atom stereocenters. The van der Waals surface area contributed by atoms with E-state index in [0.717, 1.165) is 52.3 Å². The van der Waals surface area contributed by atoms with Crippen LogP contribution < -0.4 is 5.32 Å². The van der Waals surface area contributed by atoms with Crippen LogP contribution >= 0.6 is 11.3 Å². The Balaban J connectivity index is 1.52. The summed E-state index contributed by atoms with van der Waals surface area (Å²) in [4.78, 5) is 24.9. The molecule has 23 heavy (non-hydrogen) atoms. The summed E-state index contributed by atoms with van der Waals surface area (Å²) in [6.45, 7) is 3.99. The van der Waals surface area contributed by atoms with E-state index in [1.165, 1.54) is 11.3 Å². The van der Waals surface area contributed by atoms with Crippen molar-refractivity contribution in [2.45, 2.75) is 33.1 Å². The number of nitrogens with zero attached hydrogens (tertiary/aromatic N) is 2. The molecule has 0 radical (unpaired) electrons. The van der Waals surface area contributed by atoms with E-state index in [1.54, 1.807) is 0 Å². The predicted octanol–water partition coefficient (Wildman–Crippen LogP) is 3.38. The number of para-hydroxylation sites is 1. The number of nitrogens with one attached hydrogen (secondary N) is 2. The molecular formula is C17H18N4OS. The van der Waals surface area contributed by atoms with Crippen molar-refractivity contribution in [1.82, 2.24) is 15.0 Å². The number of hydrogen-bond donors (Lipinski definition) is 2. The fraction of sp³-hybridized carbons (Fsp3) is 0.353. The van der Waals surface area contributed by atoms with E-state index in [4.69, 9.17) is 0 Å². The van der Waals surface area contributed by atoms with Crippen LogP contribution in [0.3, 0.4) is 0 Å². The molecule has 6 heteroatoms. The molecule has 0 saturated carbocycles. The first kappa shape index (κ1) is 14.4. The maximum Gasteiger partial charge on any atom is 0.229 e. The maximum atomic E-state index is 12.6. The number of hydrogen-bond acceptors (Lipinski definition) is 4. The SMILES string of the molecule is Cc1nc2c([nH]1)CC(C(=O)Nc1nc3c(C)cccc3s1)CC2. The van der Waals surface area contributed by atoms with E-state index >= 15 is 0 Å². The first-order chi connectivity index (χ1) is 11.1. The molecule has 4 rings (SSSR count). The van der Waals surface area contributed by atoms with Gasteiger partial charge in [0.2, 0.25) is 5.91 Å². The van der Waals surface area contributed by atoms with Crippen molar-refractivity contribution < 1.29 is 4.79 Å². The number of thiazole rings is 1. The van der Waals surface area contributed by atoms with Gasteiger partial charge < -0.3 is 10.3 Å². The number of carbonyl (C=O) groups is 1. The van der Waals surface area contributed by atoms with Gasteiger partial charge in [0.05, 0.1) is 15.9 Å². The normalized spacial score (nSPS) is 17.2. The van der Waals surface area contributed by atoms with E-state index in [1.807, 2.05) is 32.0 Å². The average molecular weight is 326 g/mol. The standard InChI is InChI=1S/C17H18N4OS/c1-9-4-3-5-14-15(9)20-17(23-14)21-16(22)11-6-7-12-13(8-11)19-10(2)18-12/h3-5,11H,6-8H2,1-2H3,(H,18,19)(H,20,21,22). The molecule has 5 nitrogen and oxygen atoms in total. The lowest BCUT2D eigenvalue weighted by Gasteiger charge is -2.19. The quantitative estimate of drug-likeness (QED) is 0.758. The van der Waals surface area contributed by atoms with Gasteiger partial charge >= 0.3 is 0 Å². The van der Waals surface area contributed by atoms with E-state index < -0.39 is 0 Å². The van der Waals surface area contributed by atoms with Crippen LogP contribution in [0.4, 0.5) is 5.13 Å². The molecule has 1 aromatic carbocycles. The summed E-state index contributed by atoms with van der Waals surface area (Å²) in [6, 6.07) is 6.09. The molecule has 2 heterocycles. The summed E-state index contributed by atoms with van der Waals surface area (Å²) in [5.74, 6) is 0.966. The van der Waals surface area contributed by atoms with Crippen LogP contribution in [0.25, 0.3) is 10.2 Å². The molecule has 0 spiro atoms. The van der Waals surface area contributed by atoms with Crippen molar-refractivity contribution in [1.29, 1.82) is 0 Å². The second-order valence-corrected chi connectivity index (χ2v) is 7.15. The van der Waals surface area contributed by atoms with Crippen LogP contribution in [0.2, 0.25) is 0 Å². The number of benzene rings is 1. The van der Waals surface area contributed by atoms with Gasteiger partial charge in [-0.3, -0.25) is 4.79 Å². The second-order valence-electron chi connectivity index (χ2n) is 6.12. The molecule has 0 bridgehead atoms. The highest BCUT2D eigenvalue weighted by Crippen LogP contribution is 2.30. The molecule has 3 aromatic rings. The third kappa shape index (κ3) is 2.63. The van der Waals surface area contributed by atoms with Crippen molar-refractivity contribution in [3.05, 3.63) is 41.0 Å². The number of carbonyl (C=O) groups excluding carboxylic acids is 1. The number of anilines is 1. The van der Waals surface area contributed by atoms with Gasteiger partial charge in [-0.15, -0.1) is 0 Å². The van der Waals surface area contributed by atoms with Crippen LogP contribution in [0.15, 0.2) is 18.2 Å². The minimum atomic E-state index is -0.0181. The zero-order chi connectivity index (χ0) is 16.0. The number of imidazole rings is 1. The lowest BCUT2D eigenvalue weighted by Crippen LogP contribution is -2.28. The zero-order valence-electron chi connectivity index (χ0n) is 13.1. The van der Waals surface area contributed by atoms with Gasteiger partial charge in [0.1, 0.15) is 5.82 Å². The Bertz CT molecular complexity index is 895. The third-order valence-electron chi connectivity index (χ3n) is 4.38. The van der Waals surface area contributed by atoms with Crippen LogP contribution in [0, 0.1) is 19.8 Å². The molecule has 0 aliphatic heterocycles. The number of amides is 1. The van der Waals surface area contributed by atoms with E-state index in [2.05, 4.69) is 20.3 Å². The lowest BCUT2D eigenvalue weighted by molar-refractivity contribution is -0.120. The highest BCUT2D eigenvalue weighted by molar-refractivity contribution is 7.22. The second kappa shape index (κ2) is 5.45. The Morgan fingerprint density at radius 1 is 1.35 bits per heavy atom. The van der Waals surface area contributed by atoms with Crippen molar-refractivity contribution in [2.24, 2.45) is 5.92 Å². The van der Waals surface area contributed by atoms with Crippen molar-refractivity contribution >= 4 is 32.6 Å². The van der Waals surface area contributed by atoms with Gasteiger partial charge in [0, 0.05) is 18.0 Å². The van der Waals surface area contributed by atoms with Crippen LogP contribution in [-0.4, -0.2) is 20.9 Å². The Hall–Kier alpha value is -2.21. The van der Waals surface area contributed by atoms with Gasteiger partial charge in [0.25, 0.3) is 0 Å². The molecule has 0 fully saturated rings. The Morgan fingerprint density at radius 3 is 3.04 bits per heavy atom. The monoisotopic (exact) mass is 326 g/mol. The maximum absolute atomic E-state index is 12.6. The van der Waals surface area contributed by atoms with Crippen LogP contribution in [0.5, 0.6) is 0 Å². The summed E-state index contributed by atoms with van der Waals surface area (Å²) in [5, 5.41) is 3.69. The fourth-order valence-electron chi connectivity index (χ4n) is 3.19. The van der Waals surface area contributed by atoms with Crippen molar-refractivity contribution in [3.8, 4) is 0 Å². The molecule has 1 atom stereocenters. The van der Waals surface area contributed by atoms with Crippen molar-refractivity contribution in [3.63, 3.8) is 0 Å². The number of rotatable bonds is 2. The number of aromatic nitrogens is 3. The van der Waals surface area contributed by atoms with Gasteiger partial charge in [-0.2, -0.15) is 0 Å². The first-order valence-corrected chi connectivity index (χ1v) is 8.63. The van der Waals surface area contributed by atoms with E-state index in [9.17, 15) is 4.79 Å². The van der Waals surface area contributed by atoms with Gasteiger partial charge in [-0.1, -0.05) is 23.5 Å². The van der Waals surface area contributed by atoms with Crippen LogP contribution in [-0.2, 0) is 17.6 Å². The topological polar surface area (TPSA) is 70.7 Å². The summed E-state index contributed by atoms with van der Waals surface area (Å²) in [5.41, 5.74) is 4.33. The Morgan fingerprint density at radius 2 is 2.22 bits per heavy atom. The molecule has 118 valence electrons. The van der Waals surface area contributed by atoms with Gasteiger partial charge in [0.15, 0.2) is 5.13 Å². The minimum absolute atomic E-state index is 0.0181. The lowest BCUT2D eigenvalue weighted by atomic mass is 9.89. The molecule has 2 N–H and O–H groups in total. The Labute approximate surface area is 138 Å². The van der Waals surface area contributed by atoms with Gasteiger partial charge in [-0.05, 0) is 38.3 Å². The van der Waals surface area contributed by atoms with Gasteiger partial charge in [-0.25, -0.2) is 9.97 Å². The van der Waals surface area contributed by atoms with E-state index in [0.29, 0.717) is 5.13 Å². The summed E-state index contributed by atoms with van der Waals surface area (Å²) >= 11 is 1.53. The van der Waals surface area contributed by atoms with E-state index in [-0.39, 0.29) is 11.8 Å². The molecule has 2 aromatic heterocycles. The number of aromatic amines is 1. The molecule has 1 amide bonds. The largest absolute Gasteiger partial charge is 0.346 e.